The lowest BCUT2D eigenvalue weighted by Crippen LogP contribution is -2.34. The van der Waals surface area contributed by atoms with Crippen molar-refractivity contribution in [2.75, 3.05) is 24.8 Å². The van der Waals surface area contributed by atoms with E-state index in [9.17, 15) is 9.59 Å². The van der Waals surface area contributed by atoms with Crippen LogP contribution >= 0.6 is 0 Å². The number of fused-ring (bicyclic) bond motifs is 1. The molecule has 2 aromatic rings. The molecule has 0 aromatic heterocycles. The highest BCUT2D eigenvalue weighted by atomic mass is 16.7. The summed E-state index contributed by atoms with van der Waals surface area (Å²) in [5.74, 6) is 1.36. The van der Waals surface area contributed by atoms with Gasteiger partial charge in [0.1, 0.15) is 6.61 Å². The Balaban J connectivity index is 1.31. The zero-order valence-electron chi connectivity index (χ0n) is 14.6. The van der Waals surface area contributed by atoms with Crippen LogP contribution in [0.4, 0.5) is 15.3 Å². The fourth-order valence-electron chi connectivity index (χ4n) is 3.01. The van der Waals surface area contributed by atoms with Gasteiger partial charge in [-0.3, -0.25) is 4.90 Å². The minimum atomic E-state index is -0.348. The lowest BCUT2D eigenvalue weighted by Gasteiger charge is -2.14. The average molecular weight is 369 g/mol. The molecule has 0 atom stereocenters. The van der Waals surface area contributed by atoms with Crippen LogP contribution in [0.25, 0.3) is 0 Å². The molecule has 2 aliphatic heterocycles. The number of rotatable bonds is 5. The number of hydrogen-bond donors (Lipinski definition) is 2. The van der Waals surface area contributed by atoms with Crippen molar-refractivity contribution in [2.45, 2.75) is 13.1 Å². The van der Waals surface area contributed by atoms with Crippen molar-refractivity contribution in [3.63, 3.8) is 0 Å². The number of urea groups is 1. The minimum absolute atomic E-state index is 0.194. The Bertz CT molecular complexity index is 870. The number of amides is 3. The maximum absolute atomic E-state index is 12.1. The summed E-state index contributed by atoms with van der Waals surface area (Å²) in [5, 5.41) is 5.61. The molecule has 0 aliphatic carbocycles. The fraction of sp³-hybridized carbons (Fsp3) is 0.263. The SMILES string of the molecule is O=C(NCc1cccc(N2CCOC2=O)c1)NCc1cccc2c1OCO2. The van der Waals surface area contributed by atoms with Crippen molar-refractivity contribution in [1.29, 1.82) is 0 Å². The van der Waals surface area contributed by atoms with Crippen molar-refractivity contribution in [1.82, 2.24) is 10.6 Å². The third-order valence-electron chi connectivity index (χ3n) is 4.35. The molecule has 0 bridgehead atoms. The average Bonchev–Trinajstić information content (AvgIpc) is 3.34. The maximum atomic E-state index is 12.1. The van der Waals surface area contributed by atoms with Crippen LogP contribution < -0.4 is 25.0 Å². The Morgan fingerprint density at radius 2 is 1.89 bits per heavy atom. The van der Waals surface area contributed by atoms with E-state index < -0.39 is 0 Å². The van der Waals surface area contributed by atoms with E-state index >= 15 is 0 Å². The number of benzene rings is 2. The second kappa shape index (κ2) is 7.45. The minimum Gasteiger partial charge on any atom is -0.454 e. The number of carbonyl (C=O) groups excluding carboxylic acids is 2. The van der Waals surface area contributed by atoms with Crippen LogP contribution in [0.15, 0.2) is 42.5 Å². The Kier molecular flexibility index (Phi) is 4.69. The summed E-state index contributed by atoms with van der Waals surface area (Å²) >= 11 is 0. The van der Waals surface area contributed by atoms with Gasteiger partial charge in [0.2, 0.25) is 6.79 Å². The molecule has 2 aromatic carbocycles. The Morgan fingerprint density at radius 1 is 1.04 bits per heavy atom. The molecule has 140 valence electrons. The van der Waals surface area contributed by atoms with E-state index in [4.69, 9.17) is 14.2 Å². The molecule has 2 aliphatic rings. The number of carbonyl (C=O) groups is 2. The van der Waals surface area contributed by atoms with Gasteiger partial charge in [0.05, 0.1) is 6.54 Å². The van der Waals surface area contributed by atoms with Crippen LogP contribution in [-0.2, 0) is 17.8 Å². The van der Waals surface area contributed by atoms with E-state index in [1.54, 1.807) is 4.90 Å². The third kappa shape index (κ3) is 3.74. The molecule has 0 unspecified atom stereocenters. The molecule has 8 heteroatoms. The molecule has 0 spiro atoms. The first-order valence-electron chi connectivity index (χ1n) is 8.63. The second-order valence-electron chi connectivity index (χ2n) is 6.12. The first-order chi connectivity index (χ1) is 13.2. The molecule has 8 nitrogen and oxygen atoms in total. The summed E-state index contributed by atoms with van der Waals surface area (Å²) in [4.78, 5) is 25.3. The summed E-state index contributed by atoms with van der Waals surface area (Å²) in [7, 11) is 0. The van der Waals surface area contributed by atoms with Gasteiger partial charge in [-0.15, -0.1) is 0 Å². The Hall–Kier alpha value is -3.42. The Labute approximate surface area is 156 Å². The standard InChI is InChI=1S/C19H19N3O5/c23-18(21-11-14-4-2-6-16-17(14)27-12-26-16)20-10-13-3-1-5-15(9-13)22-7-8-25-19(22)24/h1-6,9H,7-8,10-12H2,(H2,20,21,23). The lowest BCUT2D eigenvalue weighted by atomic mass is 10.2. The van der Waals surface area contributed by atoms with Crippen molar-refractivity contribution in [3.8, 4) is 11.5 Å². The van der Waals surface area contributed by atoms with Crippen molar-refractivity contribution in [2.24, 2.45) is 0 Å². The smallest absolute Gasteiger partial charge is 0.414 e. The van der Waals surface area contributed by atoms with Crippen molar-refractivity contribution in [3.05, 3.63) is 53.6 Å². The van der Waals surface area contributed by atoms with Gasteiger partial charge in [-0.2, -0.15) is 0 Å². The highest BCUT2D eigenvalue weighted by Crippen LogP contribution is 2.35. The van der Waals surface area contributed by atoms with E-state index in [0.29, 0.717) is 37.7 Å². The van der Waals surface area contributed by atoms with E-state index in [2.05, 4.69) is 10.6 Å². The van der Waals surface area contributed by atoms with Gasteiger partial charge >= 0.3 is 12.1 Å². The van der Waals surface area contributed by atoms with Gasteiger partial charge in [-0.25, -0.2) is 9.59 Å². The first kappa shape index (κ1) is 17.0. The van der Waals surface area contributed by atoms with Crippen LogP contribution in [-0.4, -0.2) is 32.1 Å². The van der Waals surface area contributed by atoms with Crippen LogP contribution in [0.2, 0.25) is 0 Å². The molecular formula is C19H19N3O5. The zero-order chi connectivity index (χ0) is 18.6. The quantitative estimate of drug-likeness (QED) is 0.845. The number of cyclic esters (lactones) is 1. The highest BCUT2D eigenvalue weighted by Gasteiger charge is 2.23. The summed E-state index contributed by atoms with van der Waals surface area (Å²) in [6.45, 7) is 1.79. The van der Waals surface area contributed by atoms with Crippen LogP contribution in [0, 0.1) is 0 Å². The largest absolute Gasteiger partial charge is 0.454 e. The highest BCUT2D eigenvalue weighted by molar-refractivity contribution is 5.89. The van der Waals surface area contributed by atoms with Gasteiger partial charge < -0.3 is 24.8 Å². The summed E-state index contributed by atoms with van der Waals surface area (Å²) in [6.07, 6.45) is -0.348. The maximum Gasteiger partial charge on any atom is 0.414 e. The van der Waals surface area contributed by atoms with Crippen molar-refractivity contribution >= 4 is 17.8 Å². The number of nitrogens with zero attached hydrogens (tertiary/aromatic N) is 1. The predicted molar refractivity (Wildman–Crippen MR) is 96.8 cm³/mol. The number of nitrogens with one attached hydrogen (secondary N) is 2. The summed E-state index contributed by atoms with van der Waals surface area (Å²) < 4.78 is 15.7. The van der Waals surface area contributed by atoms with Gasteiger partial charge in [0.15, 0.2) is 11.5 Å². The van der Waals surface area contributed by atoms with Crippen LogP contribution in [0.5, 0.6) is 11.5 Å². The molecule has 4 rings (SSSR count). The lowest BCUT2D eigenvalue weighted by molar-refractivity contribution is 0.173. The summed E-state index contributed by atoms with van der Waals surface area (Å²) in [6, 6.07) is 12.7. The molecule has 0 radical (unpaired) electrons. The zero-order valence-corrected chi connectivity index (χ0v) is 14.6. The number of anilines is 1. The number of ether oxygens (including phenoxy) is 3. The van der Waals surface area contributed by atoms with E-state index in [1.165, 1.54) is 0 Å². The molecular weight excluding hydrogens is 350 g/mol. The third-order valence-corrected chi connectivity index (χ3v) is 4.35. The van der Waals surface area contributed by atoms with Crippen LogP contribution in [0.3, 0.4) is 0 Å². The van der Waals surface area contributed by atoms with Gasteiger partial charge in [0.25, 0.3) is 0 Å². The molecule has 1 fully saturated rings. The van der Waals surface area contributed by atoms with Gasteiger partial charge in [0, 0.05) is 24.3 Å². The van der Waals surface area contributed by atoms with Crippen LogP contribution in [0.1, 0.15) is 11.1 Å². The molecule has 3 amide bonds. The Morgan fingerprint density at radius 3 is 2.74 bits per heavy atom. The first-order valence-corrected chi connectivity index (χ1v) is 8.63. The van der Waals surface area contributed by atoms with E-state index in [1.807, 2.05) is 42.5 Å². The number of para-hydroxylation sites is 1. The normalized spacial score (nSPS) is 14.8. The monoisotopic (exact) mass is 369 g/mol. The molecule has 1 saturated heterocycles. The van der Waals surface area contributed by atoms with Gasteiger partial charge in [-0.05, 0) is 23.8 Å². The van der Waals surface area contributed by atoms with E-state index in [0.717, 1.165) is 16.8 Å². The number of hydrogen-bond acceptors (Lipinski definition) is 5. The summed E-state index contributed by atoms with van der Waals surface area (Å²) in [5.41, 5.74) is 2.50. The second-order valence-corrected chi connectivity index (χ2v) is 6.12. The molecule has 27 heavy (non-hydrogen) atoms. The topological polar surface area (TPSA) is 89.1 Å². The van der Waals surface area contributed by atoms with Crippen molar-refractivity contribution < 1.29 is 23.8 Å². The molecule has 0 saturated carbocycles. The fourth-order valence-corrected chi connectivity index (χ4v) is 3.01. The van der Waals surface area contributed by atoms with E-state index in [-0.39, 0.29) is 18.9 Å². The molecule has 2 N–H and O–H groups in total. The predicted octanol–water partition coefficient (Wildman–Crippen LogP) is 2.37. The van der Waals surface area contributed by atoms with Gasteiger partial charge in [-0.1, -0.05) is 24.3 Å². The molecule has 2 heterocycles.